The number of methoxy groups -OCH3 is 1. The average molecular weight is 576 g/mol. The fourth-order valence-corrected chi connectivity index (χ4v) is 5.24. The standard InChI is InChI=1S/C34H41NO5.2CH4/c1-5-6-9-19-30(36)27-24-29(25-15-10-7-11-16-25)35(26-17-12-8-13-18-26)28(27)22-23-32-31(39-34(2,3)40-32)20-14-21-33(37)38-4;;/h7-8,10-13,15-18,22-24,31-32H,5-6,9,14,19-21H2,1-4H3;2*1H4/b23-22+;;/t31-,32+;;/m0../s1. The van der Waals surface area contributed by atoms with Crippen LogP contribution in [0.5, 0.6) is 0 Å². The summed E-state index contributed by atoms with van der Waals surface area (Å²) in [6.45, 7) is 5.94. The molecule has 2 atom stereocenters. The van der Waals surface area contributed by atoms with Gasteiger partial charge in [-0.25, -0.2) is 0 Å². The van der Waals surface area contributed by atoms with Crippen molar-refractivity contribution in [3.63, 3.8) is 0 Å². The van der Waals surface area contributed by atoms with Gasteiger partial charge in [0.15, 0.2) is 11.6 Å². The van der Waals surface area contributed by atoms with Crippen LogP contribution in [0.25, 0.3) is 23.0 Å². The van der Waals surface area contributed by atoms with Gasteiger partial charge < -0.3 is 18.8 Å². The van der Waals surface area contributed by atoms with E-state index in [4.69, 9.17) is 14.2 Å². The Hall–Kier alpha value is -3.48. The zero-order chi connectivity index (χ0) is 28.5. The van der Waals surface area contributed by atoms with E-state index in [1.54, 1.807) is 0 Å². The fraction of sp³-hybridized carbons (Fsp3) is 0.444. The van der Waals surface area contributed by atoms with Crippen LogP contribution in [-0.2, 0) is 19.0 Å². The highest BCUT2D eigenvalue weighted by Crippen LogP contribution is 2.35. The molecule has 1 fully saturated rings. The van der Waals surface area contributed by atoms with Gasteiger partial charge in [-0.05, 0) is 62.9 Å². The lowest BCUT2D eigenvalue weighted by Gasteiger charge is -2.16. The summed E-state index contributed by atoms with van der Waals surface area (Å²) < 4.78 is 19.4. The van der Waals surface area contributed by atoms with E-state index < -0.39 is 5.79 Å². The molecule has 2 aromatic carbocycles. The number of aromatic nitrogens is 1. The minimum absolute atomic E-state index is 0. The third-order valence-corrected chi connectivity index (χ3v) is 7.19. The first-order chi connectivity index (χ1) is 19.3. The van der Waals surface area contributed by atoms with Gasteiger partial charge in [-0.3, -0.25) is 9.59 Å². The number of esters is 1. The highest BCUT2D eigenvalue weighted by atomic mass is 16.7. The molecule has 2 heterocycles. The number of ether oxygens (including phenoxy) is 3. The second-order valence-corrected chi connectivity index (χ2v) is 10.7. The van der Waals surface area contributed by atoms with E-state index in [0.29, 0.717) is 31.2 Å². The summed E-state index contributed by atoms with van der Waals surface area (Å²) in [4.78, 5) is 25.3. The van der Waals surface area contributed by atoms with Crippen molar-refractivity contribution in [2.24, 2.45) is 0 Å². The molecule has 0 aliphatic carbocycles. The maximum atomic E-state index is 13.6. The SMILES string of the molecule is C.C.CCCCCC(=O)c1cc(-c2ccccc2)n(-c2ccccc2)c1/C=C/[C@H]1OC(C)(C)O[C@H]1CCCC(=O)OC. The van der Waals surface area contributed by atoms with Gasteiger partial charge in [-0.15, -0.1) is 0 Å². The van der Waals surface area contributed by atoms with E-state index in [2.05, 4.69) is 35.8 Å². The minimum atomic E-state index is -0.750. The lowest BCUT2D eigenvalue weighted by atomic mass is 10.0. The molecule has 1 aliphatic rings. The van der Waals surface area contributed by atoms with E-state index in [1.165, 1.54) is 7.11 Å². The summed E-state index contributed by atoms with van der Waals surface area (Å²) in [6, 6.07) is 22.3. The van der Waals surface area contributed by atoms with Gasteiger partial charge in [0.2, 0.25) is 0 Å². The van der Waals surface area contributed by atoms with Gasteiger partial charge in [0.1, 0.15) is 6.10 Å². The van der Waals surface area contributed by atoms with Gasteiger partial charge in [-0.2, -0.15) is 0 Å². The van der Waals surface area contributed by atoms with Crippen LogP contribution in [0.15, 0.2) is 72.8 Å². The first kappa shape index (κ1) is 34.7. The molecule has 1 saturated heterocycles. The molecular weight excluding hydrogens is 526 g/mol. The van der Waals surface area contributed by atoms with Crippen molar-refractivity contribution in [2.75, 3.05) is 7.11 Å². The Bertz CT molecular complexity index is 1290. The van der Waals surface area contributed by atoms with E-state index in [0.717, 1.165) is 41.9 Å². The number of carbonyl (C=O) groups excluding carboxylic acids is 2. The number of unbranched alkanes of at least 4 members (excludes halogenated alkanes) is 2. The van der Waals surface area contributed by atoms with Crippen LogP contribution in [0.2, 0.25) is 0 Å². The summed E-state index contributed by atoms with van der Waals surface area (Å²) in [5, 5.41) is 0. The third kappa shape index (κ3) is 8.76. The monoisotopic (exact) mass is 575 g/mol. The lowest BCUT2D eigenvalue weighted by molar-refractivity contribution is -0.144. The zero-order valence-corrected chi connectivity index (χ0v) is 24.1. The third-order valence-electron chi connectivity index (χ3n) is 7.19. The summed E-state index contributed by atoms with van der Waals surface area (Å²) >= 11 is 0. The van der Waals surface area contributed by atoms with E-state index >= 15 is 0 Å². The summed E-state index contributed by atoms with van der Waals surface area (Å²) in [7, 11) is 1.40. The molecule has 0 N–H and O–H groups in total. The second-order valence-electron chi connectivity index (χ2n) is 10.7. The summed E-state index contributed by atoms with van der Waals surface area (Å²) in [6.07, 6.45) is 8.57. The smallest absolute Gasteiger partial charge is 0.305 e. The molecule has 6 heteroatoms. The molecule has 6 nitrogen and oxygen atoms in total. The summed E-state index contributed by atoms with van der Waals surface area (Å²) in [5.74, 6) is -0.843. The molecule has 1 aliphatic heterocycles. The normalized spacial score (nSPS) is 17.4. The predicted molar refractivity (Wildman–Crippen MR) is 172 cm³/mol. The number of rotatable bonds is 13. The van der Waals surface area contributed by atoms with Crippen molar-refractivity contribution in [1.82, 2.24) is 4.57 Å². The first-order valence-corrected chi connectivity index (χ1v) is 14.3. The Morgan fingerprint density at radius 3 is 2.24 bits per heavy atom. The van der Waals surface area contributed by atoms with Crippen LogP contribution < -0.4 is 0 Å². The maximum absolute atomic E-state index is 13.6. The quantitative estimate of drug-likeness (QED) is 0.116. The van der Waals surface area contributed by atoms with Crippen LogP contribution in [-0.4, -0.2) is 41.4 Å². The van der Waals surface area contributed by atoms with Crippen LogP contribution in [0.3, 0.4) is 0 Å². The maximum Gasteiger partial charge on any atom is 0.305 e. The molecule has 0 unspecified atom stereocenters. The van der Waals surface area contributed by atoms with Crippen LogP contribution >= 0.6 is 0 Å². The predicted octanol–water partition coefficient (Wildman–Crippen LogP) is 9.06. The molecular formula is C36H49NO5. The van der Waals surface area contributed by atoms with Gasteiger partial charge in [-0.1, -0.05) is 89.2 Å². The highest BCUT2D eigenvalue weighted by molar-refractivity contribution is 6.01. The average Bonchev–Trinajstić information content (AvgIpc) is 3.49. The van der Waals surface area contributed by atoms with Crippen molar-refractivity contribution >= 4 is 17.8 Å². The van der Waals surface area contributed by atoms with Crippen LogP contribution in [0, 0.1) is 0 Å². The van der Waals surface area contributed by atoms with Gasteiger partial charge in [0, 0.05) is 24.1 Å². The number of Topliss-reactive ketones (excluding diaryl/α,β-unsaturated/α-hetero) is 1. The minimum Gasteiger partial charge on any atom is -0.469 e. The molecule has 0 amide bonds. The van der Waals surface area contributed by atoms with Gasteiger partial charge in [0.25, 0.3) is 0 Å². The number of hydrogen-bond acceptors (Lipinski definition) is 5. The van der Waals surface area contributed by atoms with Gasteiger partial charge in [0.05, 0.1) is 24.6 Å². The number of hydrogen-bond donors (Lipinski definition) is 0. The first-order valence-electron chi connectivity index (χ1n) is 14.3. The molecule has 4 rings (SSSR count). The second kappa shape index (κ2) is 16.2. The number of para-hydroxylation sites is 1. The lowest BCUT2D eigenvalue weighted by Crippen LogP contribution is -2.21. The van der Waals surface area contributed by atoms with Crippen molar-refractivity contribution < 1.29 is 23.8 Å². The number of benzene rings is 2. The Balaban J connectivity index is 0.00000308. The van der Waals surface area contributed by atoms with E-state index in [1.807, 2.05) is 68.5 Å². The molecule has 0 saturated carbocycles. The molecule has 3 aromatic rings. The molecule has 0 spiro atoms. The molecule has 228 valence electrons. The fourth-order valence-electron chi connectivity index (χ4n) is 5.24. The van der Waals surface area contributed by atoms with E-state index in [-0.39, 0.29) is 38.8 Å². The summed E-state index contributed by atoms with van der Waals surface area (Å²) in [5.41, 5.74) is 4.51. The van der Waals surface area contributed by atoms with Crippen molar-refractivity contribution in [3.05, 3.63) is 84.1 Å². The van der Waals surface area contributed by atoms with Crippen molar-refractivity contribution in [3.8, 4) is 16.9 Å². The Kier molecular flexibility index (Phi) is 13.4. The van der Waals surface area contributed by atoms with Crippen molar-refractivity contribution in [1.29, 1.82) is 0 Å². The van der Waals surface area contributed by atoms with E-state index in [9.17, 15) is 9.59 Å². The Labute approximate surface area is 252 Å². The zero-order valence-electron chi connectivity index (χ0n) is 24.1. The van der Waals surface area contributed by atoms with Crippen molar-refractivity contribution in [2.45, 2.75) is 98.6 Å². The Morgan fingerprint density at radius 1 is 0.929 bits per heavy atom. The molecule has 0 bridgehead atoms. The largest absolute Gasteiger partial charge is 0.469 e. The topological polar surface area (TPSA) is 66.8 Å². The Morgan fingerprint density at radius 2 is 1.60 bits per heavy atom. The van der Waals surface area contributed by atoms with Crippen LogP contribution in [0.1, 0.15) is 96.6 Å². The number of nitrogens with zero attached hydrogens (tertiary/aromatic N) is 1. The van der Waals surface area contributed by atoms with Crippen LogP contribution in [0.4, 0.5) is 0 Å². The molecule has 1 aromatic heterocycles. The van der Waals surface area contributed by atoms with Gasteiger partial charge >= 0.3 is 5.97 Å². The number of carbonyl (C=O) groups is 2. The number of ketones is 1. The molecule has 42 heavy (non-hydrogen) atoms. The molecule has 0 radical (unpaired) electrons. The highest BCUT2D eigenvalue weighted by Gasteiger charge is 2.39.